The Balaban J connectivity index is 0.000000420. The van der Waals surface area contributed by atoms with Crippen LogP contribution in [0.1, 0.15) is 0 Å². The highest BCUT2D eigenvalue weighted by Crippen LogP contribution is 1.99. The SMILES string of the molecule is Nc1nc2nc[nH]c2c(=O)[nH]1.Nc1nc2nc[nH]c2c(=O)[nH]1.O.O.O=S(=O)(O)O. The zero-order valence-electron chi connectivity index (χ0n) is 14.0. The maximum Gasteiger partial charge on any atom is 0.394 e. The minimum absolute atomic E-state index is 0. The molecule has 160 valence electrons. The summed E-state index contributed by atoms with van der Waals surface area (Å²) in [7, 11) is -4.67. The number of nitrogens with two attached hydrogens (primary N) is 2. The third kappa shape index (κ3) is 7.31. The monoisotopic (exact) mass is 436 g/mol. The summed E-state index contributed by atoms with van der Waals surface area (Å²) in [4.78, 5) is 47.1. The molecule has 0 unspecified atom stereocenters. The average molecular weight is 436 g/mol. The van der Waals surface area contributed by atoms with Gasteiger partial charge in [0.05, 0.1) is 12.7 Å². The van der Waals surface area contributed by atoms with E-state index < -0.39 is 10.4 Å². The zero-order valence-corrected chi connectivity index (χ0v) is 14.9. The Bertz CT molecular complexity index is 1200. The van der Waals surface area contributed by atoms with Crippen molar-refractivity contribution < 1.29 is 28.5 Å². The van der Waals surface area contributed by atoms with Crippen molar-refractivity contribution >= 4 is 44.6 Å². The van der Waals surface area contributed by atoms with Crippen molar-refractivity contribution in [2.45, 2.75) is 0 Å². The predicted octanol–water partition coefficient (Wildman–Crippen LogP) is -3.85. The number of anilines is 2. The molecule has 4 rings (SSSR count). The molecule has 4 aromatic heterocycles. The van der Waals surface area contributed by atoms with Crippen molar-refractivity contribution in [1.29, 1.82) is 0 Å². The molecule has 29 heavy (non-hydrogen) atoms. The topological polar surface area (TPSA) is 338 Å². The van der Waals surface area contributed by atoms with Crippen molar-refractivity contribution in [2.24, 2.45) is 0 Å². The Kier molecular flexibility index (Phi) is 8.53. The van der Waals surface area contributed by atoms with Crippen LogP contribution >= 0.6 is 0 Å². The third-order valence-corrected chi connectivity index (χ3v) is 2.63. The van der Waals surface area contributed by atoms with E-state index in [1.807, 2.05) is 0 Å². The van der Waals surface area contributed by atoms with Gasteiger partial charge in [0.1, 0.15) is 0 Å². The summed E-state index contributed by atoms with van der Waals surface area (Å²) in [5.74, 6) is 0.157. The molecule has 0 aliphatic rings. The predicted molar refractivity (Wildman–Crippen MR) is 99.2 cm³/mol. The van der Waals surface area contributed by atoms with Gasteiger partial charge in [-0.25, -0.2) is 9.97 Å². The van der Waals surface area contributed by atoms with Crippen LogP contribution in [0.3, 0.4) is 0 Å². The van der Waals surface area contributed by atoms with E-state index in [1.54, 1.807) is 0 Å². The van der Waals surface area contributed by atoms with Gasteiger partial charge in [-0.2, -0.15) is 18.4 Å². The lowest BCUT2D eigenvalue weighted by molar-refractivity contribution is 0.381. The van der Waals surface area contributed by atoms with Gasteiger partial charge in [0.25, 0.3) is 11.1 Å². The Morgan fingerprint density at radius 3 is 1.41 bits per heavy atom. The lowest BCUT2D eigenvalue weighted by Gasteiger charge is -1.89. The van der Waals surface area contributed by atoms with Gasteiger partial charge in [0.2, 0.25) is 11.9 Å². The number of hydrogen-bond acceptors (Lipinski definition) is 10. The molecule has 4 aromatic rings. The van der Waals surface area contributed by atoms with Crippen LogP contribution in [0, 0.1) is 0 Å². The second-order valence-electron chi connectivity index (χ2n) is 4.55. The van der Waals surface area contributed by atoms with Crippen LogP contribution in [0.4, 0.5) is 11.9 Å². The summed E-state index contributed by atoms with van der Waals surface area (Å²) in [6.45, 7) is 0. The molecule has 0 aliphatic carbocycles. The lowest BCUT2D eigenvalue weighted by atomic mass is 10.5. The molecule has 0 aliphatic heterocycles. The number of aromatic amines is 4. The number of hydrogen-bond donors (Lipinski definition) is 8. The number of H-pyrrole nitrogens is 4. The minimum atomic E-state index is -4.67. The van der Waals surface area contributed by atoms with Gasteiger partial charge in [-0.05, 0) is 0 Å². The Labute approximate surface area is 158 Å². The van der Waals surface area contributed by atoms with E-state index in [0.29, 0.717) is 22.3 Å². The van der Waals surface area contributed by atoms with Crippen LogP contribution in [-0.4, -0.2) is 68.3 Å². The molecule has 0 bridgehead atoms. The van der Waals surface area contributed by atoms with Crippen LogP contribution in [-0.2, 0) is 10.4 Å². The van der Waals surface area contributed by atoms with E-state index >= 15 is 0 Å². The van der Waals surface area contributed by atoms with E-state index in [-0.39, 0.29) is 34.0 Å². The third-order valence-electron chi connectivity index (χ3n) is 2.63. The number of nitrogens with zero attached hydrogens (tertiary/aromatic N) is 4. The van der Waals surface area contributed by atoms with E-state index in [0.717, 1.165) is 0 Å². The van der Waals surface area contributed by atoms with E-state index in [1.165, 1.54) is 12.7 Å². The highest BCUT2D eigenvalue weighted by Gasteiger charge is 2.02. The molecule has 0 radical (unpaired) electrons. The summed E-state index contributed by atoms with van der Waals surface area (Å²) in [5.41, 5.74) is 11.3. The fourth-order valence-electron chi connectivity index (χ4n) is 1.72. The fourth-order valence-corrected chi connectivity index (χ4v) is 1.72. The molecule has 18 nitrogen and oxygen atoms in total. The van der Waals surface area contributed by atoms with Crippen LogP contribution < -0.4 is 22.6 Å². The van der Waals surface area contributed by atoms with Crippen LogP contribution in [0.5, 0.6) is 0 Å². The lowest BCUT2D eigenvalue weighted by Crippen LogP contribution is -2.10. The van der Waals surface area contributed by atoms with Gasteiger partial charge in [0.15, 0.2) is 22.3 Å². The molecular weight excluding hydrogens is 420 g/mol. The largest absolute Gasteiger partial charge is 0.412 e. The van der Waals surface area contributed by atoms with Crippen LogP contribution in [0.2, 0.25) is 0 Å². The van der Waals surface area contributed by atoms with Gasteiger partial charge < -0.3 is 32.4 Å². The first kappa shape index (κ1) is 25.1. The number of fused-ring (bicyclic) bond motifs is 2. The Morgan fingerprint density at radius 1 is 0.793 bits per heavy atom. The summed E-state index contributed by atoms with van der Waals surface area (Å²) < 4.78 is 31.6. The summed E-state index contributed by atoms with van der Waals surface area (Å²) in [5, 5.41) is 0. The molecule has 0 atom stereocenters. The summed E-state index contributed by atoms with van der Waals surface area (Å²) in [6.07, 6.45) is 2.79. The minimum Gasteiger partial charge on any atom is -0.412 e. The standard InChI is InChI=1S/2C5H5N5O.H2O4S.2H2O/c2*6-5-9-3-2(4(11)10-5)7-1-8-3;1-5(2,3)4;;/h2*1H,(H4,6,7,8,9,10,11);(H2,1,2,3,4);2*1H2. The molecule has 0 saturated carbocycles. The molecule has 0 spiro atoms. The molecule has 19 heteroatoms. The molecule has 4 heterocycles. The van der Waals surface area contributed by atoms with Gasteiger partial charge in [-0.1, -0.05) is 0 Å². The zero-order chi connectivity index (χ0) is 20.2. The first-order chi connectivity index (χ1) is 12.5. The quantitative estimate of drug-likeness (QED) is 0.123. The van der Waals surface area contributed by atoms with Gasteiger partial charge in [0, 0.05) is 0 Å². The summed E-state index contributed by atoms with van der Waals surface area (Å²) in [6, 6.07) is 0. The van der Waals surface area contributed by atoms with E-state index in [9.17, 15) is 9.59 Å². The molecule has 0 aromatic carbocycles. The highest BCUT2D eigenvalue weighted by molar-refractivity contribution is 7.79. The van der Waals surface area contributed by atoms with Gasteiger partial charge >= 0.3 is 10.4 Å². The molecular formula is C10H16N10O8S. The molecule has 14 N–H and O–H groups in total. The fraction of sp³-hybridized carbons (Fsp3) is 0. The second-order valence-corrected chi connectivity index (χ2v) is 5.45. The number of rotatable bonds is 0. The van der Waals surface area contributed by atoms with Gasteiger partial charge in [-0.15, -0.1) is 0 Å². The molecule has 0 amide bonds. The average Bonchev–Trinajstić information content (AvgIpc) is 3.14. The van der Waals surface area contributed by atoms with Crippen LogP contribution in [0.25, 0.3) is 22.3 Å². The molecule has 0 saturated heterocycles. The smallest absolute Gasteiger partial charge is 0.394 e. The van der Waals surface area contributed by atoms with E-state index in [4.69, 9.17) is 29.0 Å². The van der Waals surface area contributed by atoms with Gasteiger partial charge in [-0.3, -0.25) is 28.7 Å². The maximum atomic E-state index is 11.0. The van der Waals surface area contributed by atoms with E-state index in [2.05, 4.69) is 39.9 Å². The first-order valence-electron chi connectivity index (χ1n) is 6.62. The van der Waals surface area contributed by atoms with Crippen molar-refractivity contribution in [1.82, 2.24) is 39.9 Å². The summed E-state index contributed by atoms with van der Waals surface area (Å²) >= 11 is 0. The highest BCUT2D eigenvalue weighted by atomic mass is 32.3. The Morgan fingerprint density at radius 2 is 1.10 bits per heavy atom. The maximum absolute atomic E-state index is 11.0. The Hall–Kier alpha value is -3.91. The second kappa shape index (κ2) is 9.86. The van der Waals surface area contributed by atoms with Crippen molar-refractivity contribution in [3.8, 4) is 0 Å². The molecule has 0 fully saturated rings. The van der Waals surface area contributed by atoms with Crippen molar-refractivity contribution in [3.63, 3.8) is 0 Å². The number of imidazole rings is 2. The van der Waals surface area contributed by atoms with Crippen LogP contribution in [0.15, 0.2) is 22.2 Å². The van der Waals surface area contributed by atoms with Crippen molar-refractivity contribution in [2.75, 3.05) is 11.5 Å². The van der Waals surface area contributed by atoms with Crippen molar-refractivity contribution in [3.05, 3.63) is 33.4 Å². The number of aromatic nitrogens is 8. The first-order valence-corrected chi connectivity index (χ1v) is 8.02. The normalized spacial score (nSPS) is 10.0. The number of nitrogens with one attached hydrogen (secondary N) is 4. The number of nitrogen functional groups attached to an aromatic ring is 2.